The fourth-order valence-corrected chi connectivity index (χ4v) is 0.936. The second-order valence-electron chi connectivity index (χ2n) is 2.79. The molecule has 0 aliphatic heterocycles. The molecule has 0 spiro atoms. The van der Waals surface area contributed by atoms with Gasteiger partial charge in [-0.15, -0.1) is 0 Å². The smallest absolute Gasteiger partial charge is 0.317 e. The molecule has 0 aliphatic rings. The molecule has 15 heavy (non-hydrogen) atoms. The van der Waals surface area contributed by atoms with Crippen LogP contribution in [0.25, 0.3) is 0 Å². The van der Waals surface area contributed by atoms with Crippen LogP contribution in [-0.4, -0.2) is 19.4 Å². The molecule has 0 saturated carbocycles. The highest BCUT2D eigenvalue weighted by Crippen LogP contribution is 2.00. The maximum absolute atomic E-state index is 10.7. The van der Waals surface area contributed by atoms with E-state index < -0.39 is 0 Å². The van der Waals surface area contributed by atoms with Crippen molar-refractivity contribution in [1.82, 2.24) is 0 Å². The van der Waals surface area contributed by atoms with Gasteiger partial charge in [-0.1, -0.05) is 24.0 Å². The molecule has 1 rings (SSSR count). The number of methoxy groups -OCH3 is 1. The number of aldehydes is 1. The predicted octanol–water partition coefficient (Wildman–Crippen LogP) is 1.41. The maximum atomic E-state index is 10.7. The second kappa shape index (κ2) is 5.61. The van der Waals surface area contributed by atoms with Crippen molar-refractivity contribution < 1.29 is 14.3 Å². The number of ether oxygens (including phenoxy) is 1. The average molecular weight is 202 g/mol. The third-order valence-corrected chi connectivity index (χ3v) is 1.74. The highest BCUT2D eigenvalue weighted by molar-refractivity contribution is 5.75. The highest BCUT2D eigenvalue weighted by atomic mass is 16.5. The number of carbonyl (C=O) groups excluding carboxylic acids is 2. The molecule has 3 heteroatoms. The molecule has 0 saturated heterocycles. The number of hydrogen-bond donors (Lipinski definition) is 0. The Labute approximate surface area is 88.1 Å². The zero-order valence-corrected chi connectivity index (χ0v) is 8.32. The Morgan fingerprint density at radius 3 is 2.60 bits per heavy atom. The van der Waals surface area contributed by atoms with Gasteiger partial charge in [-0.05, 0) is 12.1 Å². The van der Waals surface area contributed by atoms with Crippen LogP contribution in [0.5, 0.6) is 0 Å². The first-order valence-electron chi connectivity index (χ1n) is 4.37. The van der Waals surface area contributed by atoms with E-state index in [1.807, 2.05) is 0 Å². The Morgan fingerprint density at radius 1 is 1.40 bits per heavy atom. The largest absolute Gasteiger partial charge is 0.468 e. The van der Waals surface area contributed by atoms with Gasteiger partial charge in [0.2, 0.25) is 0 Å². The van der Waals surface area contributed by atoms with Gasteiger partial charge in [-0.3, -0.25) is 9.59 Å². The summed E-state index contributed by atoms with van der Waals surface area (Å²) in [4.78, 5) is 21.1. The Hall–Kier alpha value is -2.08. The van der Waals surface area contributed by atoms with Crippen LogP contribution in [0.1, 0.15) is 22.3 Å². The van der Waals surface area contributed by atoms with Crippen molar-refractivity contribution >= 4 is 12.3 Å². The van der Waals surface area contributed by atoms with Crippen LogP contribution in [-0.2, 0) is 9.53 Å². The third kappa shape index (κ3) is 3.65. The first kappa shape index (κ1) is 11.0. The van der Waals surface area contributed by atoms with Crippen LogP contribution in [0.2, 0.25) is 0 Å². The number of hydrogen-bond acceptors (Lipinski definition) is 3. The van der Waals surface area contributed by atoms with E-state index in [-0.39, 0.29) is 12.4 Å². The summed E-state index contributed by atoms with van der Waals surface area (Å²) in [5, 5.41) is 0. The quantitative estimate of drug-likeness (QED) is 0.414. The summed E-state index contributed by atoms with van der Waals surface area (Å²) in [6.07, 6.45) is 0.845. The molecule has 0 atom stereocenters. The Kier molecular flexibility index (Phi) is 4.11. The van der Waals surface area contributed by atoms with Crippen molar-refractivity contribution in [2.75, 3.05) is 7.11 Å². The molecule has 0 amide bonds. The summed E-state index contributed by atoms with van der Waals surface area (Å²) < 4.78 is 4.44. The summed E-state index contributed by atoms with van der Waals surface area (Å²) in [6, 6.07) is 6.81. The van der Waals surface area contributed by atoms with Gasteiger partial charge in [0, 0.05) is 11.1 Å². The maximum Gasteiger partial charge on any atom is 0.317 e. The molecule has 1 aromatic rings. The van der Waals surface area contributed by atoms with Crippen molar-refractivity contribution in [3.05, 3.63) is 35.4 Å². The van der Waals surface area contributed by atoms with Gasteiger partial charge in [0.05, 0.1) is 7.11 Å². The number of benzene rings is 1. The van der Waals surface area contributed by atoms with Crippen LogP contribution >= 0.6 is 0 Å². The van der Waals surface area contributed by atoms with Gasteiger partial charge in [0.1, 0.15) is 12.7 Å². The molecule has 0 aromatic heterocycles. The lowest BCUT2D eigenvalue weighted by atomic mass is 10.1. The van der Waals surface area contributed by atoms with Crippen molar-refractivity contribution in [3.8, 4) is 11.8 Å². The SMILES string of the molecule is COC(=O)CC#Cc1ccc(C=O)cc1. The first-order valence-corrected chi connectivity index (χ1v) is 4.37. The minimum Gasteiger partial charge on any atom is -0.468 e. The van der Waals surface area contributed by atoms with Crippen LogP contribution in [0.3, 0.4) is 0 Å². The second-order valence-corrected chi connectivity index (χ2v) is 2.79. The monoisotopic (exact) mass is 202 g/mol. The molecule has 0 aliphatic carbocycles. The van der Waals surface area contributed by atoms with Gasteiger partial charge in [0.15, 0.2) is 0 Å². The minimum absolute atomic E-state index is 0.0753. The molecular weight excluding hydrogens is 192 g/mol. The van der Waals surface area contributed by atoms with E-state index in [1.165, 1.54) is 7.11 Å². The lowest BCUT2D eigenvalue weighted by Gasteiger charge is -1.91. The lowest BCUT2D eigenvalue weighted by molar-refractivity contribution is -0.139. The van der Waals surface area contributed by atoms with Crippen LogP contribution in [0, 0.1) is 11.8 Å². The number of carbonyl (C=O) groups is 2. The lowest BCUT2D eigenvalue weighted by Crippen LogP contribution is -1.96. The minimum atomic E-state index is -0.355. The number of esters is 1. The Bertz CT molecular complexity index is 407. The summed E-state index contributed by atoms with van der Waals surface area (Å²) in [5.41, 5.74) is 1.37. The van der Waals surface area contributed by atoms with E-state index >= 15 is 0 Å². The molecule has 0 fully saturated rings. The Morgan fingerprint density at radius 2 is 2.07 bits per heavy atom. The van der Waals surface area contributed by atoms with Gasteiger partial charge in [-0.25, -0.2) is 0 Å². The van der Waals surface area contributed by atoms with Gasteiger partial charge in [0.25, 0.3) is 0 Å². The fourth-order valence-electron chi connectivity index (χ4n) is 0.936. The first-order chi connectivity index (χ1) is 7.26. The van der Waals surface area contributed by atoms with Gasteiger partial charge < -0.3 is 4.74 Å². The normalized spacial score (nSPS) is 8.60. The summed E-state index contributed by atoms with van der Waals surface area (Å²) in [5.74, 6) is 5.12. The topological polar surface area (TPSA) is 43.4 Å². The standard InChI is InChI=1S/C12H10O3/c1-15-12(14)4-2-3-10-5-7-11(9-13)8-6-10/h5-9H,4H2,1H3. The molecule has 0 radical (unpaired) electrons. The summed E-state index contributed by atoms with van der Waals surface area (Å²) in [7, 11) is 1.32. The van der Waals surface area contributed by atoms with E-state index in [9.17, 15) is 9.59 Å². The molecule has 0 N–H and O–H groups in total. The molecule has 0 bridgehead atoms. The summed E-state index contributed by atoms with van der Waals surface area (Å²) >= 11 is 0. The van der Waals surface area contributed by atoms with Crippen molar-refractivity contribution in [3.63, 3.8) is 0 Å². The summed E-state index contributed by atoms with van der Waals surface area (Å²) in [6.45, 7) is 0. The molecule has 0 heterocycles. The average Bonchev–Trinajstić information content (AvgIpc) is 2.29. The zero-order chi connectivity index (χ0) is 11.1. The van der Waals surface area contributed by atoms with E-state index in [2.05, 4.69) is 16.6 Å². The van der Waals surface area contributed by atoms with Crippen LogP contribution in [0.4, 0.5) is 0 Å². The molecule has 0 unspecified atom stereocenters. The highest BCUT2D eigenvalue weighted by Gasteiger charge is 1.93. The van der Waals surface area contributed by atoms with Crippen molar-refractivity contribution in [2.45, 2.75) is 6.42 Å². The van der Waals surface area contributed by atoms with Crippen LogP contribution in [0.15, 0.2) is 24.3 Å². The zero-order valence-electron chi connectivity index (χ0n) is 8.32. The van der Waals surface area contributed by atoms with Gasteiger partial charge in [-0.2, -0.15) is 0 Å². The molecule has 3 nitrogen and oxygen atoms in total. The molecule has 1 aromatic carbocycles. The third-order valence-electron chi connectivity index (χ3n) is 1.74. The number of rotatable bonds is 2. The Balaban J connectivity index is 2.64. The van der Waals surface area contributed by atoms with E-state index in [1.54, 1.807) is 24.3 Å². The van der Waals surface area contributed by atoms with Crippen molar-refractivity contribution in [2.24, 2.45) is 0 Å². The van der Waals surface area contributed by atoms with E-state index in [0.29, 0.717) is 5.56 Å². The van der Waals surface area contributed by atoms with Crippen molar-refractivity contribution in [1.29, 1.82) is 0 Å². The van der Waals surface area contributed by atoms with E-state index in [0.717, 1.165) is 11.8 Å². The molecule has 76 valence electrons. The van der Waals surface area contributed by atoms with Gasteiger partial charge >= 0.3 is 5.97 Å². The molecular formula is C12H10O3. The fraction of sp³-hybridized carbons (Fsp3) is 0.167. The van der Waals surface area contributed by atoms with E-state index in [4.69, 9.17) is 0 Å². The predicted molar refractivity (Wildman–Crippen MR) is 55.3 cm³/mol. The van der Waals surface area contributed by atoms with Crippen LogP contribution < -0.4 is 0 Å².